The Labute approximate surface area is 227 Å². The highest BCUT2D eigenvalue weighted by atomic mass is 79.9. The third-order valence-corrected chi connectivity index (χ3v) is 6.58. The van der Waals surface area contributed by atoms with Gasteiger partial charge in [-0.3, -0.25) is 24.1 Å². The van der Waals surface area contributed by atoms with E-state index in [4.69, 9.17) is 16.2 Å². The number of allylic oxidation sites excluding steroid dienone is 1. The summed E-state index contributed by atoms with van der Waals surface area (Å²) in [5.74, 6) is -0.106. The second kappa shape index (κ2) is 11.3. The summed E-state index contributed by atoms with van der Waals surface area (Å²) in [5.41, 5.74) is 10.6. The van der Waals surface area contributed by atoms with Gasteiger partial charge in [0.2, 0.25) is 11.9 Å². The Hall–Kier alpha value is -4.09. The summed E-state index contributed by atoms with van der Waals surface area (Å²) in [4.78, 5) is 49.0. The van der Waals surface area contributed by atoms with Crippen molar-refractivity contribution in [3.63, 3.8) is 0 Å². The van der Waals surface area contributed by atoms with Crippen LogP contribution in [0.2, 0.25) is 0 Å². The number of anilines is 2. The van der Waals surface area contributed by atoms with Crippen LogP contribution < -0.4 is 28.3 Å². The normalized spacial score (nSPS) is 20.5. The van der Waals surface area contributed by atoms with E-state index in [0.717, 1.165) is 14.7 Å². The van der Waals surface area contributed by atoms with Crippen molar-refractivity contribution in [2.45, 2.75) is 31.1 Å². The number of hydrogen-bond acceptors (Lipinski definition) is 11. The monoisotopic (exact) mass is 604 g/mol. The molecule has 0 amide bonds. The molecule has 0 spiro atoms. The first kappa shape index (κ1) is 27.9. The summed E-state index contributed by atoms with van der Waals surface area (Å²) in [5, 5.41) is 29.2. The van der Waals surface area contributed by atoms with E-state index in [1.54, 1.807) is 0 Å². The first-order valence-corrected chi connectivity index (χ1v) is 12.2. The molecule has 4 atom stereocenters. The van der Waals surface area contributed by atoms with Gasteiger partial charge in [-0.1, -0.05) is 36.4 Å². The molecule has 4 aromatic rings. The average molecular weight is 605 g/mol. The molecule has 15 nitrogen and oxygen atoms in total. The molecule has 0 bridgehead atoms. The van der Waals surface area contributed by atoms with Gasteiger partial charge in [-0.05, 0) is 15.9 Å². The van der Waals surface area contributed by atoms with Crippen molar-refractivity contribution >= 4 is 39.0 Å². The standard InChI is InChI=1S/C13H17N5O6.C10H8BrN3O/c1-2-3-17-6-9(15-12(14)16-10(6)22)18(13(17)23)11-8(21)7(20)5(4-19)24-11;11-7-8(6-4-2-1-3-5-6)13-10(12)14-9(7)15/h2,5,7-8,11,19-21H,1,3-4H2,(H3,14,15,16,22);1-5H,(H3,12,13,14,15)/t5-,7-,8-,11-;/m1./s1. The predicted octanol–water partition coefficient (Wildman–Crippen LogP) is -0.952. The van der Waals surface area contributed by atoms with Crippen LogP contribution in [0.5, 0.6) is 0 Å². The second-order valence-electron chi connectivity index (χ2n) is 8.38. The summed E-state index contributed by atoms with van der Waals surface area (Å²) in [6.07, 6.45) is -3.88. The number of ether oxygens (including phenoxy) is 1. The SMILES string of the molecule is C=CCn1c(=O)n([C@@H]2O[C@H](CO)[C@@H](O)[C@H]2O)c2nc(N)[nH]c(=O)c21.Nc1nc(-c2ccccc2)c(Br)c(=O)[nH]1. The van der Waals surface area contributed by atoms with E-state index in [0.29, 0.717) is 10.2 Å². The van der Waals surface area contributed by atoms with Crippen LogP contribution in [0.15, 0.2) is 61.8 Å². The van der Waals surface area contributed by atoms with Gasteiger partial charge in [0.05, 0.1) is 12.3 Å². The molecule has 4 heterocycles. The number of benzene rings is 1. The summed E-state index contributed by atoms with van der Waals surface area (Å²) < 4.78 is 7.79. The zero-order valence-corrected chi connectivity index (χ0v) is 21.8. The molecular weight excluding hydrogens is 580 g/mol. The minimum absolute atomic E-state index is 0.0197. The Morgan fingerprint density at radius 3 is 2.31 bits per heavy atom. The van der Waals surface area contributed by atoms with Crippen molar-refractivity contribution < 1.29 is 20.1 Å². The van der Waals surface area contributed by atoms with Gasteiger partial charge in [0.25, 0.3) is 11.1 Å². The molecule has 16 heteroatoms. The van der Waals surface area contributed by atoms with E-state index in [-0.39, 0.29) is 35.2 Å². The maximum Gasteiger partial charge on any atom is 0.333 e. The van der Waals surface area contributed by atoms with Crippen LogP contribution in [0.25, 0.3) is 22.4 Å². The molecule has 1 aliphatic rings. The number of rotatable bonds is 5. The third kappa shape index (κ3) is 5.27. The van der Waals surface area contributed by atoms with Gasteiger partial charge in [0, 0.05) is 12.1 Å². The Kier molecular flexibility index (Phi) is 8.12. The number of nitrogens with zero attached hydrogens (tertiary/aromatic N) is 4. The molecule has 1 aromatic carbocycles. The van der Waals surface area contributed by atoms with Crippen molar-refractivity contribution in [2.75, 3.05) is 18.1 Å². The van der Waals surface area contributed by atoms with Crippen LogP contribution >= 0.6 is 15.9 Å². The topological polar surface area (TPSA) is 240 Å². The number of hydrogen-bond donors (Lipinski definition) is 7. The molecule has 1 aliphatic heterocycles. The fraction of sp³-hybridized carbons (Fsp3) is 0.261. The third-order valence-electron chi connectivity index (χ3n) is 5.84. The molecule has 1 fully saturated rings. The number of fused-ring (bicyclic) bond motifs is 1. The minimum Gasteiger partial charge on any atom is -0.394 e. The lowest BCUT2D eigenvalue weighted by Gasteiger charge is -2.15. The molecule has 1 saturated heterocycles. The summed E-state index contributed by atoms with van der Waals surface area (Å²) in [7, 11) is 0. The molecule has 39 heavy (non-hydrogen) atoms. The molecule has 9 N–H and O–H groups in total. The largest absolute Gasteiger partial charge is 0.394 e. The number of halogens is 1. The van der Waals surface area contributed by atoms with Crippen molar-refractivity contribution in [3.05, 3.63) is 78.7 Å². The highest BCUT2D eigenvalue weighted by Gasteiger charge is 2.45. The van der Waals surface area contributed by atoms with Crippen LogP contribution in [0.3, 0.4) is 0 Å². The van der Waals surface area contributed by atoms with Gasteiger partial charge < -0.3 is 31.5 Å². The van der Waals surface area contributed by atoms with Gasteiger partial charge >= 0.3 is 5.69 Å². The number of aliphatic hydroxyl groups is 3. The smallest absolute Gasteiger partial charge is 0.333 e. The van der Waals surface area contributed by atoms with Crippen LogP contribution in [-0.4, -0.2) is 69.3 Å². The Balaban J connectivity index is 0.000000202. The van der Waals surface area contributed by atoms with Gasteiger partial charge in [-0.2, -0.15) is 4.98 Å². The van der Waals surface area contributed by atoms with Gasteiger partial charge in [0.1, 0.15) is 22.8 Å². The van der Waals surface area contributed by atoms with E-state index in [1.165, 1.54) is 6.08 Å². The number of H-pyrrole nitrogens is 2. The van der Waals surface area contributed by atoms with Crippen LogP contribution in [0.4, 0.5) is 11.9 Å². The van der Waals surface area contributed by atoms with Crippen LogP contribution in [0.1, 0.15) is 6.23 Å². The lowest BCUT2D eigenvalue weighted by Crippen LogP contribution is -2.36. The fourth-order valence-electron chi connectivity index (χ4n) is 4.08. The minimum atomic E-state index is -1.50. The highest BCUT2D eigenvalue weighted by molar-refractivity contribution is 9.10. The van der Waals surface area contributed by atoms with Crippen molar-refractivity contribution in [1.82, 2.24) is 29.1 Å². The fourth-order valence-corrected chi connectivity index (χ4v) is 4.50. The van der Waals surface area contributed by atoms with Gasteiger partial charge in [0.15, 0.2) is 17.4 Å². The Morgan fingerprint density at radius 1 is 1.05 bits per heavy atom. The number of aromatic amines is 2. The molecule has 0 unspecified atom stereocenters. The average Bonchev–Trinajstić information content (AvgIpc) is 3.34. The van der Waals surface area contributed by atoms with E-state index in [2.05, 4.69) is 42.4 Å². The maximum atomic E-state index is 12.7. The molecule has 5 rings (SSSR count). The molecule has 0 radical (unpaired) electrons. The van der Waals surface area contributed by atoms with E-state index >= 15 is 0 Å². The first-order valence-electron chi connectivity index (χ1n) is 11.4. The number of nitrogens with one attached hydrogen (secondary N) is 2. The van der Waals surface area contributed by atoms with E-state index < -0.39 is 42.4 Å². The summed E-state index contributed by atoms with van der Waals surface area (Å²) in [6, 6.07) is 9.38. The molecule has 206 valence electrons. The van der Waals surface area contributed by atoms with Crippen molar-refractivity contribution in [2.24, 2.45) is 0 Å². The number of imidazole rings is 1. The number of aliphatic hydroxyl groups excluding tert-OH is 3. The van der Waals surface area contributed by atoms with Crippen molar-refractivity contribution in [1.29, 1.82) is 0 Å². The van der Waals surface area contributed by atoms with E-state index in [1.807, 2.05) is 30.3 Å². The number of nitrogen functional groups attached to an aromatic ring is 2. The van der Waals surface area contributed by atoms with Gasteiger partial charge in [-0.25, -0.2) is 14.3 Å². The first-order chi connectivity index (χ1) is 18.6. The van der Waals surface area contributed by atoms with E-state index in [9.17, 15) is 29.7 Å². The summed E-state index contributed by atoms with van der Waals surface area (Å²) >= 11 is 3.19. The van der Waals surface area contributed by atoms with Crippen LogP contribution in [-0.2, 0) is 11.3 Å². The lowest BCUT2D eigenvalue weighted by molar-refractivity contribution is -0.0527. The maximum absolute atomic E-state index is 12.7. The molecule has 0 aliphatic carbocycles. The zero-order valence-electron chi connectivity index (χ0n) is 20.2. The summed E-state index contributed by atoms with van der Waals surface area (Å²) in [6.45, 7) is 3.00. The van der Waals surface area contributed by atoms with Crippen LogP contribution in [0, 0.1) is 0 Å². The number of aromatic nitrogens is 6. The molecule has 3 aromatic heterocycles. The Bertz CT molecular complexity index is 1680. The highest BCUT2D eigenvalue weighted by Crippen LogP contribution is 2.30. The Morgan fingerprint density at radius 2 is 1.69 bits per heavy atom. The molecular formula is C23H25BrN8O7. The second-order valence-corrected chi connectivity index (χ2v) is 9.18. The number of nitrogens with two attached hydrogens (primary N) is 2. The predicted molar refractivity (Wildman–Crippen MR) is 145 cm³/mol. The quantitative estimate of drug-likeness (QED) is 0.137. The van der Waals surface area contributed by atoms with Crippen molar-refractivity contribution in [3.8, 4) is 11.3 Å². The zero-order chi connectivity index (χ0) is 28.4. The molecule has 0 saturated carbocycles. The lowest BCUT2D eigenvalue weighted by atomic mass is 10.1. The van der Waals surface area contributed by atoms with Gasteiger partial charge in [-0.15, -0.1) is 6.58 Å².